The summed E-state index contributed by atoms with van der Waals surface area (Å²) in [6, 6.07) is 3.90. The van der Waals surface area contributed by atoms with E-state index >= 15 is 0 Å². The summed E-state index contributed by atoms with van der Waals surface area (Å²) in [5.74, 6) is -1.36. The predicted molar refractivity (Wildman–Crippen MR) is 75.1 cm³/mol. The molecule has 0 radical (unpaired) electrons. The Morgan fingerprint density at radius 2 is 2.18 bits per heavy atom. The Morgan fingerprint density at radius 1 is 1.36 bits per heavy atom. The van der Waals surface area contributed by atoms with Crippen LogP contribution >= 0.6 is 11.6 Å². The van der Waals surface area contributed by atoms with Crippen molar-refractivity contribution in [1.82, 2.24) is 25.0 Å². The lowest BCUT2D eigenvalue weighted by Gasteiger charge is -2.07. The summed E-state index contributed by atoms with van der Waals surface area (Å²) in [6.45, 7) is 0.163. The van der Waals surface area contributed by atoms with Crippen LogP contribution in [0.1, 0.15) is 15.9 Å². The molecule has 22 heavy (non-hydrogen) atoms. The van der Waals surface area contributed by atoms with E-state index < -0.39 is 11.7 Å². The van der Waals surface area contributed by atoms with Crippen LogP contribution in [0.3, 0.4) is 0 Å². The van der Waals surface area contributed by atoms with E-state index in [1.165, 1.54) is 30.3 Å². The summed E-state index contributed by atoms with van der Waals surface area (Å²) in [4.78, 5) is 23.2. The van der Waals surface area contributed by atoms with E-state index in [2.05, 4.69) is 15.0 Å². The van der Waals surface area contributed by atoms with E-state index in [0.717, 1.165) is 6.07 Å². The van der Waals surface area contributed by atoms with Crippen LogP contribution in [0.5, 0.6) is 0 Å². The number of benzene rings is 1. The van der Waals surface area contributed by atoms with E-state index in [1.54, 1.807) is 4.57 Å². The van der Waals surface area contributed by atoms with Crippen molar-refractivity contribution in [3.05, 3.63) is 53.0 Å². The smallest absolute Gasteiger partial charge is 0.274 e. The van der Waals surface area contributed by atoms with E-state index in [9.17, 15) is 9.18 Å². The number of hydrogen-bond donors (Lipinski definition) is 2. The second-order valence-corrected chi connectivity index (χ2v) is 4.81. The second kappa shape index (κ2) is 5.66. The zero-order valence-corrected chi connectivity index (χ0v) is 11.8. The average Bonchev–Trinajstić information content (AvgIpc) is 2.93. The molecule has 0 aliphatic rings. The third kappa shape index (κ3) is 2.49. The predicted octanol–water partition coefficient (Wildman–Crippen LogP) is 1.79. The van der Waals surface area contributed by atoms with Crippen molar-refractivity contribution in [2.24, 2.45) is 0 Å². The molecule has 1 amide bonds. The number of carbonyl (C=O) groups is 1. The molecule has 112 valence electrons. The van der Waals surface area contributed by atoms with Crippen LogP contribution in [0, 0.1) is 5.82 Å². The number of fused-ring (bicyclic) bond motifs is 1. The van der Waals surface area contributed by atoms with Gasteiger partial charge in [-0.3, -0.25) is 10.0 Å². The van der Waals surface area contributed by atoms with E-state index in [0.29, 0.717) is 16.7 Å². The quantitative estimate of drug-likeness (QED) is 0.436. The van der Waals surface area contributed by atoms with Crippen molar-refractivity contribution < 1.29 is 14.4 Å². The van der Waals surface area contributed by atoms with Gasteiger partial charge in [0.25, 0.3) is 5.91 Å². The molecule has 0 bridgehead atoms. The molecule has 7 nitrogen and oxygen atoms in total. The maximum Gasteiger partial charge on any atom is 0.274 e. The zero-order chi connectivity index (χ0) is 15.7. The van der Waals surface area contributed by atoms with Crippen LogP contribution in [-0.4, -0.2) is 30.6 Å². The van der Waals surface area contributed by atoms with Gasteiger partial charge in [0, 0.05) is 11.1 Å². The molecule has 0 fully saturated rings. The molecule has 2 N–H and O–H groups in total. The fourth-order valence-corrected chi connectivity index (χ4v) is 2.21. The number of halogens is 2. The third-order valence-electron chi connectivity index (χ3n) is 3.11. The van der Waals surface area contributed by atoms with E-state index in [-0.39, 0.29) is 17.3 Å². The van der Waals surface area contributed by atoms with Crippen molar-refractivity contribution in [3.63, 3.8) is 0 Å². The van der Waals surface area contributed by atoms with E-state index in [4.69, 9.17) is 16.8 Å². The highest BCUT2D eigenvalue weighted by atomic mass is 35.5. The number of nitrogens with zero attached hydrogens (tertiary/aromatic N) is 4. The highest BCUT2D eigenvalue weighted by molar-refractivity contribution is 6.33. The van der Waals surface area contributed by atoms with Gasteiger partial charge in [0.15, 0.2) is 10.8 Å². The SMILES string of the molecule is O=C(NO)c1ccc(Cn2cnc3c(Cl)ncnc32)c(F)c1. The van der Waals surface area contributed by atoms with Crippen molar-refractivity contribution >= 4 is 28.7 Å². The molecule has 0 unspecified atom stereocenters. The Morgan fingerprint density at radius 3 is 2.91 bits per heavy atom. The molecule has 0 aliphatic carbocycles. The minimum absolute atomic E-state index is 0.0182. The van der Waals surface area contributed by atoms with Gasteiger partial charge in [-0.1, -0.05) is 17.7 Å². The number of amides is 1. The van der Waals surface area contributed by atoms with Crippen LogP contribution in [0.2, 0.25) is 5.15 Å². The maximum absolute atomic E-state index is 14.1. The van der Waals surface area contributed by atoms with Crippen molar-refractivity contribution in [3.8, 4) is 0 Å². The minimum atomic E-state index is -0.780. The number of imidazole rings is 1. The van der Waals surface area contributed by atoms with Crippen molar-refractivity contribution in [2.45, 2.75) is 6.54 Å². The number of carbonyl (C=O) groups excluding carboxylic acids is 1. The first kappa shape index (κ1) is 14.4. The zero-order valence-electron chi connectivity index (χ0n) is 11.0. The monoisotopic (exact) mass is 321 g/mol. The van der Waals surface area contributed by atoms with Crippen molar-refractivity contribution in [2.75, 3.05) is 0 Å². The molecular formula is C13H9ClFN5O2. The maximum atomic E-state index is 14.1. The molecule has 0 saturated carbocycles. The van der Waals surface area contributed by atoms with Crippen LogP contribution in [0.15, 0.2) is 30.9 Å². The lowest BCUT2D eigenvalue weighted by molar-refractivity contribution is 0.0706. The summed E-state index contributed by atoms with van der Waals surface area (Å²) < 4.78 is 15.7. The Kier molecular flexibility index (Phi) is 3.70. The molecule has 2 aromatic heterocycles. The summed E-state index contributed by atoms with van der Waals surface area (Å²) in [5, 5.41) is 8.76. The fourth-order valence-electron chi connectivity index (χ4n) is 2.03. The number of hydrogen-bond acceptors (Lipinski definition) is 5. The highest BCUT2D eigenvalue weighted by Gasteiger charge is 2.12. The first-order valence-corrected chi connectivity index (χ1v) is 6.52. The lowest BCUT2D eigenvalue weighted by atomic mass is 10.1. The summed E-state index contributed by atoms with van der Waals surface area (Å²) in [6.07, 6.45) is 2.78. The number of aromatic nitrogens is 4. The molecule has 0 atom stereocenters. The lowest BCUT2D eigenvalue weighted by Crippen LogP contribution is -2.19. The normalized spacial score (nSPS) is 10.9. The van der Waals surface area contributed by atoms with Crippen LogP contribution in [0.25, 0.3) is 11.2 Å². The third-order valence-corrected chi connectivity index (χ3v) is 3.39. The largest absolute Gasteiger partial charge is 0.311 e. The highest BCUT2D eigenvalue weighted by Crippen LogP contribution is 2.19. The first-order chi connectivity index (χ1) is 10.6. The topological polar surface area (TPSA) is 92.9 Å². The van der Waals surface area contributed by atoms with Crippen LogP contribution < -0.4 is 5.48 Å². The molecule has 0 saturated heterocycles. The minimum Gasteiger partial charge on any atom is -0.311 e. The average molecular weight is 322 g/mol. The van der Waals surface area contributed by atoms with E-state index in [1.807, 2.05) is 0 Å². The molecule has 0 aliphatic heterocycles. The number of rotatable bonds is 3. The van der Waals surface area contributed by atoms with Gasteiger partial charge in [0.1, 0.15) is 17.7 Å². The molecule has 2 heterocycles. The molecule has 3 rings (SSSR count). The standard InChI is InChI=1S/C13H9ClFN5O2/c14-11-10-12(17-5-16-11)20(6-18-10)4-8-2-1-7(3-9(8)15)13(21)19-22/h1-3,5-6,22H,4H2,(H,19,21). The van der Waals surface area contributed by atoms with Crippen LogP contribution in [-0.2, 0) is 6.54 Å². The molecule has 0 spiro atoms. The number of hydroxylamine groups is 1. The summed E-state index contributed by atoms with van der Waals surface area (Å²) in [7, 11) is 0. The number of nitrogens with one attached hydrogen (secondary N) is 1. The van der Waals surface area contributed by atoms with Gasteiger partial charge in [0.05, 0.1) is 12.9 Å². The van der Waals surface area contributed by atoms with Gasteiger partial charge in [-0.2, -0.15) is 0 Å². The van der Waals surface area contributed by atoms with Gasteiger partial charge in [-0.15, -0.1) is 0 Å². The van der Waals surface area contributed by atoms with Gasteiger partial charge in [0.2, 0.25) is 0 Å². The van der Waals surface area contributed by atoms with Gasteiger partial charge < -0.3 is 4.57 Å². The molecule has 9 heteroatoms. The Bertz CT molecular complexity index is 867. The van der Waals surface area contributed by atoms with Gasteiger partial charge in [-0.05, 0) is 12.1 Å². The van der Waals surface area contributed by atoms with Crippen molar-refractivity contribution in [1.29, 1.82) is 0 Å². The van der Waals surface area contributed by atoms with Crippen LogP contribution in [0.4, 0.5) is 4.39 Å². The first-order valence-electron chi connectivity index (χ1n) is 6.14. The Balaban J connectivity index is 1.95. The Labute approximate surface area is 128 Å². The van der Waals surface area contributed by atoms with Gasteiger partial charge >= 0.3 is 0 Å². The summed E-state index contributed by atoms with van der Waals surface area (Å²) >= 11 is 5.91. The molecule has 3 aromatic rings. The second-order valence-electron chi connectivity index (χ2n) is 4.46. The van der Waals surface area contributed by atoms with Gasteiger partial charge in [-0.25, -0.2) is 24.8 Å². The Hall–Kier alpha value is -2.58. The fraction of sp³-hybridized carbons (Fsp3) is 0.0769. The molecular weight excluding hydrogens is 313 g/mol. The molecule has 1 aromatic carbocycles. The summed E-state index contributed by atoms with van der Waals surface area (Å²) in [5.41, 5.74) is 2.72.